The molecule has 0 aliphatic heterocycles. The molecule has 0 amide bonds. The molecule has 1 unspecified atom stereocenters. The Bertz CT molecular complexity index is 683. The van der Waals surface area contributed by atoms with Crippen LogP contribution in [0, 0.1) is 0 Å². The summed E-state index contributed by atoms with van der Waals surface area (Å²) < 4.78 is 11.1. The summed E-state index contributed by atoms with van der Waals surface area (Å²) in [6.07, 6.45) is 44.0. The van der Waals surface area contributed by atoms with Gasteiger partial charge in [0.25, 0.3) is 0 Å². The predicted octanol–water partition coefficient (Wildman–Crippen LogP) is 13.3. The van der Waals surface area contributed by atoms with Crippen molar-refractivity contribution in [2.45, 2.75) is 219 Å². The smallest absolute Gasteiger partial charge is 0.306 e. The molecule has 0 heterocycles. The molecule has 0 radical (unpaired) electrons. The number of ether oxygens (including phenoxy) is 2. The Morgan fingerprint density at radius 1 is 0.444 bits per heavy atom. The Morgan fingerprint density at radius 3 is 1.20 bits per heavy atom. The van der Waals surface area contributed by atoms with E-state index < -0.39 is 0 Å². The molecule has 4 heteroatoms. The van der Waals surface area contributed by atoms with Crippen molar-refractivity contribution in [3.63, 3.8) is 0 Å². The zero-order chi connectivity index (χ0) is 32.9. The molecule has 264 valence electrons. The first-order chi connectivity index (χ1) is 22.1. The quantitative estimate of drug-likeness (QED) is 0.0396. The van der Waals surface area contributed by atoms with Crippen molar-refractivity contribution in [2.24, 2.45) is 0 Å². The van der Waals surface area contributed by atoms with Crippen molar-refractivity contribution in [3.05, 3.63) is 24.3 Å². The molecule has 0 spiro atoms. The summed E-state index contributed by atoms with van der Waals surface area (Å²) in [5.74, 6) is -0.318. The number of hydrogen-bond donors (Lipinski definition) is 0. The molecule has 0 aromatic carbocycles. The van der Waals surface area contributed by atoms with Crippen molar-refractivity contribution >= 4 is 11.9 Å². The lowest BCUT2D eigenvalue weighted by Gasteiger charge is -2.17. The third-order valence-electron chi connectivity index (χ3n) is 8.62. The molecule has 0 rings (SSSR count). The summed E-state index contributed by atoms with van der Waals surface area (Å²) in [6.45, 7) is 6.79. The molecule has 0 aliphatic rings. The molecule has 45 heavy (non-hydrogen) atoms. The molecule has 0 saturated heterocycles. The second-order valence-electron chi connectivity index (χ2n) is 13.3. The van der Waals surface area contributed by atoms with E-state index in [1.165, 1.54) is 141 Å². The molecule has 0 aliphatic carbocycles. The van der Waals surface area contributed by atoms with Gasteiger partial charge in [-0.15, -0.1) is 0 Å². The van der Waals surface area contributed by atoms with E-state index in [-0.39, 0.29) is 24.6 Å². The molecular weight excluding hydrogens is 556 g/mol. The van der Waals surface area contributed by atoms with Gasteiger partial charge in [-0.1, -0.05) is 154 Å². The van der Waals surface area contributed by atoms with Crippen LogP contribution < -0.4 is 0 Å². The summed E-state index contributed by atoms with van der Waals surface area (Å²) >= 11 is 0. The maximum Gasteiger partial charge on any atom is 0.306 e. The van der Waals surface area contributed by atoms with Gasteiger partial charge in [0.1, 0.15) is 12.7 Å². The van der Waals surface area contributed by atoms with Gasteiger partial charge in [0.2, 0.25) is 0 Å². The van der Waals surface area contributed by atoms with Gasteiger partial charge in [-0.3, -0.25) is 9.59 Å². The number of esters is 2. The molecule has 0 aromatic rings. The molecular formula is C41H76O4. The summed E-state index contributed by atoms with van der Waals surface area (Å²) in [6, 6.07) is 0. The maximum atomic E-state index is 12.4. The first-order valence-corrected chi connectivity index (χ1v) is 19.8. The van der Waals surface area contributed by atoms with Crippen molar-refractivity contribution < 1.29 is 19.1 Å². The van der Waals surface area contributed by atoms with E-state index in [1.54, 1.807) is 0 Å². The minimum Gasteiger partial charge on any atom is -0.462 e. The zero-order valence-corrected chi connectivity index (χ0v) is 30.4. The van der Waals surface area contributed by atoms with E-state index in [0.29, 0.717) is 12.8 Å². The first kappa shape index (κ1) is 43.4. The Labute approximate surface area is 281 Å². The minimum atomic E-state index is -0.316. The van der Waals surface area contributed by atoms with Crippen LogP contribution in [0.25, 0.3) is 0 Å². The van der Waals surface area contributed by atoms with Gasteiger partial charge in [0.15, 0.2) is 0 Å². The van der Waals surface area contributed by atoms with Crippen molar-refractivity contribution in [1.82, 2.24) is 0 Å². The van der Waals surface area contributed by atoms with Gasteiger partial charge in [0.05, 0.1) is 0 Å². The van der Waals surface area contributed by atoms with Crippen LogP contribution in [0.1, 0.15) is 213 Å². The van der Waals surface area contributed by atoms with Crippen molar-refractivity contribution in [2.75, 3.05) is 6.61 Å². The fourth-order valence-corrected chi connectivity index (χ4v) is 5.68. The SMILES string of the molecule is CCCCCCCC/C=C\CCCCCCCC(=O)OCC(CCC)OC(=O)CCCCCCC/C=C\CCCCCCCC. The Balaban J connectivity index is 3.68. The summed E-state index contributed by atoms with van der Waals surface area (Å²) in [5.41, 5.74) is 0. The standard InChI is InChI=1S/C41H76O4/c1-4-7-9-11-13-15-17-19-21-23-25-27-29-31-33-36-40(42)44-38-39(35-6-3)45-41(43)37-34-32-30-28-26-24-22-20-18-16-14-12-10-8-5-2/h19-22,39H,4-18,23-38H2,1-3H3/b21-19-,22-20-. The maximum absolute atomic E-state index is 12.4. The zero-order valence-electron chi connectivity index (χ0n) is 30.4. The van der Waals surface area contributed by atoms with Gasteiger partial charge in [-0.25, -0.2) is 0 Å². The topological polar surface area (TPSA) is 52.6 Å². The minimum absolute atomic E-state index is 0.153. The molecule has 0 N–H and O–H groups in total. The second kappa shape index (κ2) is 36.9. The monoisotopic (exact) mass is 633 g/mol. The second-order valence-corrected chi connectivity index (χ2v) is 13.3. The van der Waals surface area contributed by atoms with E-state index in [0.717, 1.165) is 38.5 Å². The van der Waals surface area contributed by atoms with Crippen LogP contribution in [0.2, 0.25) is 0 Å². The number of hydrogen-bond acceptors (Lipinski definition) is 4. The molecule has 4 nitrogen and oxygen atoms in total. The van der Waals surface area contributed by atoms with Gasteiger partial charge in [-0.2, -0.15) is 0 Å². The van der Waals surface area contributed by atoms with Gasteiger partial charge < -0.3 is 9.47 Å². The van der Waals surface area contributed by atoms with Crippen LogP contribution in [0.3, 0.4) is 0 Å². The van der Waals surface area contributed by atoms with Crippen LogP contribution in [-0.4, -0.2) is 24.6 Å². The van der Waals surface area contributed by atoms with Gasteiger partial charge in [-0.05, 0) is 70.6 Å². The lowest BCUT2D eigenvalue weighted by atomic mass is 10.1. The number of allylic oxidation sites excluding steroid dienone is 4. The summed E-state index contributed by atoms with van der Waals surface area (Å²) in [7, 11) is 0. The van der Waals surface area contributed by atoms with Crippen LogP contribution in [0.15, 0.2) is 24.3 Å². The van der Waals surface area contributed by atoms with Crippen LogP contribution in [0.4, 0.5) is 0 Å². The summed E-state index contributed by atoms with van der Waals surface area (Å²) in [4.78, 5) is 24.6. The molecule has 1 atom stereocenters. The molecule has 0 bridgehead atoms. The highest BCUT2D eigenvalue weighted by Gasteiger charge is 2.16. The number of carbonyl (C=O) groups is 2. The van der Waals surface area contributed by atoms with Crippen LogP contribution in [0.5, 0.6) is 0 Å². The highest BCUT2D eigenvalue weighted by atomic mass is 16.6. The Hall–Kier alpha value is -1.58. The normalized spacial score (nSPS) is 12.3. The summed E-state index contributed by atoms with van der Waals surface area (Å²) in [5, 5.41) is 0. The molecule has 0 saturated carbocycles. The van der Waals surface area contributed by atoms with E-state index in [9.17, 15) is 9.59 Å². The van der Waals surface area contributed by atoms with Crippen LogP contribution in [-0.2, 0) is 19.1 Å². The lowest BCUT2D eigenvalue weighted by Crippen LogP contribution is -2.25. The van der Waals surface area contributed by atoms with Gasteiger partial charge >= 0.3 is 11.9 Å². The van der Waals surface area contributed by atoms with Gasteiger partial charge in [0, 0.05) is 12.8 Å². The fourth-order valence-electron chi connectivity index (χ4n) is 5.68. The Kier molecular flexibility index (Phi) is 35.6. The van der Waals surface area contributed by atoms with Crippen LogP contribution >= 0.6 is 0 Å². The molecule has 0 aromatic heterocycles. The van der Waals surface area contributed by atoms with E-state index in [4.69, 9.17) is 9.47 Å². The lowest BCUT2D eigenvalue weighted by molar-refractivity contribution is -0.159. The predicted molar refractivity (Wildman–Crippen MR) is 195 cm³/mol. The first-order valence-electron chi connectivity index (χ1n) is 19.8. The highest BCUT2D eigenvalue weighted by molar-refractivity contribution is 5.70. The average molecular weight is 633 g/mol. The number of rotatable bonds is 35. The third-order valence-corrected chi connectivity index (χ3v) is 8.62. The number of unbranched alkanes of at least 4 members (excludes halogenated alkanes) is 22. The third kappa shape index (κ3) is 35.1. The average Bonchev–Trinajstić information content (AvgIpc) is 3.03. The highest BCUT2D eigenvalue weighted by Crippen LogP contribution is 2.13. The van der Waals surface area contributed by atoms with E-state index in [1.807, 2.05) is 0 Å². The number of carbonyl (C=O) groups excluding carboxylic acids is 2. The Morgan fingerprint density at radius 2 is 0.800 bits per heavy atom. The van der Waals surface area contributed by atoms with E-state index >= 15 is 0 Å². The van der Waals surface area contributed by atoms with Crippen molar-refractivity contribution in [1.29, 1.82) is 0 Å². The van der Waals surface area contributed by atoms with E-state index in [2.05, 4.69) is 45.1 Å². The fraction of sp³-hybridized carbons (Fsp3) is 0.854. The largest absolute Gasteiger partial charge is 0.462 e. The molecule has 0 fully saturated rings. The van der Waals surface area contributed by atoms with Crippen molar-refractivity contribution in [3.8, 4) is 0 Å².